The minimum absolute atomic E-state index is 0.238. The molecule has 1 aromatic heterocycles. The number of carboxylic acid groups (broad SMARTS) is 1. The number of hydrogen-bond donors (Lipinski definition) is 2. The molecule has 1 aromatic carbocycles. The van der Waals surface area contributed by atoms with Gasteiger partial charge in [-0.25, -0.2) is 4.79 Å². The number of aliphatic carboxylic acids is 1. The quantitative estimate of drug-likeness (QED) is 0.848. The first-order valence-corrected chi connectivity index (χ1v) is 9.32. The summed E-state index contributed by atoms with van der Waals surface area (Å²) in [5.41, 5.74) is 1.83. The summed E-state index contributed by atoms with van der Waals surface area (Å²) in [6, 6.07) is 5.83. The van der Waals surface area contributed by atoms with E-state index in [2.05, 4.69) is 5.32 Å². The van der Waals surface area contributed by atoms with Gasteiger partial charge >= 0.3 is 5.97 Å². The van der Waals surface area contributed by atoms with Crippen LogP contribution in [0, 0.1) is 0 Å². The summed E-state index contributed by atoms with van der Waals surface area (Å²) in [7, 11) is 0. The highest BCUT2D eigenvalue weighted by Gasteiger charge is 2.46. The molecule has 140 valence electrons. The van der Waals surface area contributed by atoms with Crippen molar-refractivity contribution in [1.82, 2.24) is 9.88 Å². The Hall–Kier alpha value is -2.60. The Morgan fingerprint density at radius 1 is 1.26 bits per heavy atom. The summed E-state index contributed by atoms with van der Waals surface area (Å²) in [4.78, 5) is 37.2. The van der Waals surface area contributed by atoms with Gasteiger partial charge in [-0.05, 0) is 48.9 Å². The zero-order chi connectivity index (χ0) is 19.3. The average molecular weight is 387 g/mol. The van der Waals surface area contributed by atoms with Gasteiger partial charge in [0.05, 0.1) is 5.56 Å². The predicted octanol–water partition coefficient (Wildman–Crippen LogP) is 3.02. The smallest absolute Gasteiger partial charge is 0.326 e. The van der Waals surface area contributed by atoms with Crippen molar-refractivity contribution in [2.75, 3.05) is 0 Å². The van der Waals surface area contributed by atoms with Gasteiger partial charge in [0.2, 0.25) is 0 Å². The molecule has 6 nitrogen and oxygen atoms in total. The molecule has 1 unspecified atom stereocenters. The third-order valence-electron chi connectivity index (χ3n) is 5.46. The van der Waals surface area contributed by atoms with Crippen LogP contribution >= 0.6 is 11.6 Å². The lowest BCUT2D eigenvalue weighted by atomic mass is 9.89. The van der Waals surface area contributed by atoms with Gasteiger partial charge in [0.1, 0.15) is 6.04 Å². The van der Waals surface area contributed by atoms with Gasteiger partial charge in [-0.3, -0.25) is 9.59 Å². The van der Waals surface area contributed by atoms with E-state index in [4.69, 9.17) is 11.6 Å². The number of benzene rings is 1. The molecule has 1 saturated carbocycles. The second-order valence-electron chi connectivity index (χ2n) is 7.32. The molecule has 1 amide bonds. The van der Waals surface area contributed by atoms with E-state index >= 15 is 0 Å². The number of nitrogens with zero attached hydrogens (tertiary/aromatic N) is 1. The van der Waals surface area contributed by atoms with Gasteiger partial charge < -0.3 is 15.0 Å². The molecule has 27 heavy (non-hydrogen) atoms. The van der Waals surface area contributed by atoms with Gasteiger partial charge in [-0.15, -0.1) is 0 Å². The summed E-state index contributed by atoms with van der Waals surface area (Å²) < 4.78 is 1.13. The van der Waals surface area contributed by atoms with Crippen LogP contribution in [0.2, 0.25) is 5.02 Å². The maximum absolute atomic E-state index is 12.9. The molecule has 1 aliphatic heterocycles. The normalized spacial score (nSPS) is 17.9. The predicted molar refractivity (Wildman–Crippen MR) is 101 cm³/mol. The Labute approximate surface area is 160 Å². The molecule has 0 radical (unpaired) electrons. The average Bonchev–Trinajstić information content (AvgIpc) is 3.36. The minimum Gasteiger partial charge on any atom is -0.480 e. The first kappa shape index (κ1) is 17.8. The fraction of sp³-hybridized carbons (Fsp3) is 0.350. The fourth-order valence-electron chi connectivity index (χ4n) is 3.81. The van der Waals surface area contributed by atoms with Crippen LogP contribution in [0.3, 0.4) is 0 Å². The lowest BCUT2D eigenvalue weighted by Crippen LogP contribution is -2.41. The van der Waals surface area contributed by atoms with Crippen LogP contribution in [0.1, 0.15) is 48.1 Å². The first-order valence-electron chi connectivity index (χ1n) is 8.94. The number of aromatic nitrogens is 1. The van der Waals surface area contributed by atoms with Gasteiger partial charge in [0.25, 0.3) is 11.5 Å². The van der Waals surface area contributed by atoms with Crippen LogP contribution in [-0.4, -0.2) is 27.1 Å². The van der Waals surface area contributed by atoms with E-state index < -0.39 is 17.6 Å². The SMILES string of the molecule is CCC(C(=O)O)n1cc2c(cc1=O)-c1cc(Cl)ccc1CC1(CC1)NC2=O. The molecular formula is C20H19ClN2O4. The first-order chi connectivity index (χ1) is 12.8. The van der Waals surface area contributed by atoms with Crippen LogP contribution in [-0.2, 0) is 11.2 Å². The number of carboxylic acids is 1. The number of fused-ring (bicyclic) bond motifs is 3. The van der Waals surface area contributed by atoms with Crippen LogP contribution in [0.4, 0.5) is 0 Å². The van der Waals surface area contributed by atoms with E-state index in [-0.39, 0.29) is 17.9 Å². The summed E-state index contributed by atoms with van der Waals surface area (Å²) in [6.07, 6.45) is 4.08. The molecule has 4 rings (SSSR count). The van der Waals surface area contributed by atoms with E-state index in [1.54, 1.807) is 19.1 Å². The van der Waals surface area contributed by atoms with Crippen molar-refractivity contribution in [1.29, 1.82) is 0 Å². The number of amides is 1. The highest BCUT2D eigenvalue weighted by molar-refractivity contribution is 6.31. The number of rotatable bonds is 3. The molecule has 2 aromatic rings. The van der Waals surface area contributed by atoms with E-state index in [9.17, 15) is 19.5 Å². The number of carbonyl (C=O) groups excluding carboxylic acids is 1. The molecule has 0 saturated heterocycles. The Kier molecular flexibility index (Phi) is 4.11. The van der Waals surface area contributed by atoms with Crippen LogP contribution < -0.4 is 10.9 Å². The van der Waals surface area contributed by atoms with Crippen LogP contribution in [0.5, 0.6) is 0 Å². The molecule has 1 atom stereocenters. The molecule has 1 aliphatic carbocycles. The third kappa shape index (κ3) is 3.04. The molecule has 1 fully saturated rings. The molecule has 0 bridgehead atoms. The number of carbonyl (C=O) groups is 2. The maximum atomic E-state index is 12.9. The largest absolute Gasteiger partial charge is 0.480 e. The Balaban J connectivity index is 1.97. The lowest BCUT2D eigenvalue weighted by Gasteiger charge is -2.26. The zero-order valence-corrected chi connectivity index (χ0v) is 15.5. The van der Waals surface area contributed by atoms with Crippen molar-refractivity contribution in [3.8, 4) is 11.1 Å². The van der Waals surface area contributed by atoms with Gasteiger partial charge in [-0.1, -0.05) is 24.6 Å². The second-order valence-corrected chi connectivity index (χ2v) is 7.76. The van der Waals surface area contributed by atoms with Crippen molar-refractivity contribution in [2.45, 2.75) is 44.2 Å². The van der Waals surface area contributed by atoms with E-state index in [0.29, 0.717) is 22.6 Å². The Morgan fingerprint density at radius 2 is 2.00 bits per heavy atom. The number of halogens is 1. The van der Waals surface area contributed by atoms with Crippen molar-refractivity contribution in [3.05, 3.63) is 57.0 Å². The van der Waals surface area contributed by atoms with Gasteiger partial charge in [0, 0.05) is 28.4 Å². The van der Waals surface area contributed by atoms with Crippen LogP contribution in [0.15, 0.2) is 35.3 Å². The summed E-state index contributed by atoms with van der Waals surface area (Å²) in [5.74, 6) is -1.39. The van der Waals surface area contributed by atoms with Crippen molar-refractivity contribution in [2.24, 2.45) is 0 Å². The summed E-state index contributed by atoms with van der Waals surface area (Å²) in [5, 5.41) is 13.0. The maximum Gasteiger partial charge on any atom is 0.326 e. The van der Waals surface area contributed by atoms with Gasteiger partial charge in [-0.2, -0.15) is 0 Å². The van der Waals surface area contributed by atoms with Crippen molar-refractivity contribution < 1.29 is 14.7 Å². The van der Waals surface area contributed by atoms with Gasteiger partial charge in [0.15, 0.2) is 0 Å². The van der Waals surface area contributed by atoms with E-state index in [1.807, 2.05) is 6.07 Å². The van der Waals surface area contributed by atoms with Crippen LogP contribution in [0.25, 0.3) is 11.1 Å². The molecule has 2 heterocycles. The number of nitrogens with one attached hydrogen (secondary N) is 1. The lowest BCUT2D eigenvalue weighted by molar-refractivity contribution is -0.141. The second kappa shape index (κ2) is 6.23. The minimum atomic E-state index is -1.10. The molecule has 2 aliphatic rings. The standard InChI is InChI=1S/C20H19ClN2O4/c1-2-16(19(26)27)23-10-15-14(8-17(23)24)13-7-12(21)4-3-11(13)9-20(5-6-20)22-18(15)25/h3-4,7-8,10,16H,2,5-6,9H2,1H3,(H,22,25)(H,26,27). The third-order valence-corrected chi connectivity index (χ3v) is 5.69. The highest BCUT2D eigenvalue weighted by Crippen LogP contribution is 2.43. The van der Waals surface area contributed by atoms with Crippen molar-refractivity contribution in [3.63, 3.8) is 0 Å². The fourth-order valence-corrected chi connectivity index (χ4v) is 3.98. The molecule has 7 heteroatoms. The Bertz CT molecular complexity index is 1020. The topological polar surface area (TPSA) is 88.4 Å². The molecule has 2 N–H and O–H groups in total. The summed E-state index contributed by atoms with van der Waals surface area (Å²) in [6.45, 7) is 1.69. The van der Waals surface area contributed by atoms with E-state index in [0.717, 1.165) is 28.5 Å². The monoisotopic (exact) mass is 386 g/mol. The summed E-state index contributed by atoms with van der Waals surface area (Å²) >= 11 is 6.18. The Morgan fingerprint density at radius 3 is 2.63 bits per heavy atom. The van der Waals surface area contributed by atoms with Crippen molar-refractivity contribution >= 4 is 23.5 Å². The van der Waals surface area contributed by atoms with E-state index in [1.165, 1.54) is 12.3 Å². The zero-order valence-electron chi connectivity index (χ0n) is 14.8. The highest BCUT2D eigenvalue weighted by atomic mass is 35.5. The number of pyridine rings is 1. The number of hydrogen-bond acceptors (Lipinski definition) is 3. The molecular weight excluding hydrogens is 368 g/mol. The molecule has 1 spiro atoms.